The van der Waals surface area contributed by atoms with Gasteiger partial charge in [0.2, 0.25) is 0 Å². The molecule has 2 atom stereocenters. The van der Waals surface area contributed by atoms with Crippen LogP contribution in [0, 0.1) is 0 Å². The van der Waals surface area contributed by atoms with Gasteiger partial charge in [-0.3, -0.25) is 4.90 Å². The molecule has 1 aromatic carbocycles. The largest absolute Gasteiger partial charge is 0.389 e. The highest BCUT2D eigenvalue weighted by molar-refractivity contribution is 7.80. The Hall–Kier alpha value is -1.01. The highest BCUT2D eigenvalue weighted by Gasteiger charge is 2.20. The molecule has 0 aromatic heterocycles. The maximum absolute atomic E-state index is 10.4. The molecule has 1 aliphatic heterocycles. The summed E-state index contributed by atoms with van der Waals surface area (Å²) in [5, 5.41) is 10.4. The van der Waals surface area contributed by atoms with Gasteiger partial charge in [0.1, 0.15) is 4.99 Å². The van der Waals surface area contributed by atoms with Crippen molar-refractivity contribution in [3.8, 4) is 0 Å². The molecule has 1 aliphatic rings. The number of aliphatic hydroxyl groups is 1. The van der Waals surface area contributed by atoms with Gasteiger partial charge < -0.3 is 15.6 Å². The molecular weight excluding hydrogens is 284 g/mol. The molecule has 0 aliphatic carbocycles. The molecule has 116 valence electrons. The fourth-order valence-corrected chi connectivity index (χ4v) is 2.76. The predicted molar refractivity (Wildman–Crippen MR) is 88.4 cm³/mol. The van der Waals surface area contributed by atoms with Crippen molar-refractivity contribution in [2.24, 2.45) is 5.73 Å². The fraction of sp³-hybridized carbons (Fsp3) is 0.562. The molecule has 2 rings (SSSR count). The van der Waals surface area contributed by atoms with Crippen LogP contribution in [0.4, 0.5) is 0 Å². The molecule has 2 unspecified atom stereocenters. The van der Waals surface area contributed by atoms with Gasteiger partial charge in [-0.15, -0.1) is 0 Å². The molecule has 0 radical (unpaired) electrons. The van der Waals surface area contributed by atoms with Gasteiger partial charge in [0.25, 0.3) is 0 Å². The van der Waals surface area contributed by atoms with Gasteiger partial charge in [-0.25, -0.2) is 0 Å². The van der Waals surface area contributed by atoms with Crippen LogP contribution in [-0.4, -0.2) is 47.3 Å². The lowest BCUT2D eigenvalue weighted by molar-refractivity contribution is 0.0516. The van der Waals surface area contributed by atoms with E-state index in [0.717, 1.165) is 43.7 Å². The lowest BCUT2D eigenvalue weighted by Crippen LogP contribution is -2.35. The summed E-state index contributed by atoms with van der Waals surface area (Å²) in [6.07, 6.45) is 2.07. The van der Waals surface area contributed by atoms with E-state index >= 15 is 0 Å². The van der Waals surface area contributed by atoms with Gasteiger partial charge in [-0.2, -0.15) is 0 Å². The number of hydrogen-bond donors (Lipinski definition) is 2. The number of hydrogen-bond acceptors (Lipinski definition) is 4. The normalized spacial score (nSPS) is 19.9. The van der Waals surface area contributed by atoms with E-state index in [1.165, 1.54) is 0 Å². The third-order valence-electron chi connectivity index (χ3n) is 3.94. The van der Waals surface area contributed by atoms with E-state index < -0.39 is 6.10 Å². The van der Waals surface area contributed by atoms with Crippen LogP contribution in [-0.2, 0) is 4.74 Å². The molecule has 0 saturated carbocycles. The SMILES string of the molecule is CCN(CC1CCCO1)CC(O)c1ccc(C(N)=S)cc1. The monoisotopic (exact) mass is 308 g/mol. The van der Waals surface area contributed by atoms with Gasteiger partial charge in [-0.1, -0.05) is 43.4 Å². The average molecular weight is 308 g/mol. The number of ether oxygens (including phenoxy) is 1. The lowest BCUT2D eigenvalue weighted by Gasteiger charge is -2.26. The molecule has 3 N–H and O–H groups in total. The average Bonchev–Trinajstić information content (AvgIpc) is 2.99. The molecule has 1 heterocycles. The highest BCUT2D eigenvalue weighted by atomic mass is 32.1. The van der Waals surface area contributed by atoms with Gasteiger partial charge in [0.05, 0.1) is 12.2 Å². The summed E-state index contributed by atoms with van der Waals surface area (Å²) in [6, 6.07) is 7.49. The predicted octanol–water partition coefficient (Wildman–Crippen LogP) is 1.86. The van der Waals surface area contributed by atoms with Gasteiger partial charge in [0.15, 0.2) is 0 Å². The second kappa shape index (κ2) is 7.84. The Kier molecular flexibility index (Phi) is 6.11. The third kappa shape index (κ3) is 4.74. The number of nitrogens with zero attached hydrogens (tertiary/aromatic N) is 1. The zero-order valence-corrected chi connectivity index (χ0v) is 13.3. The molecule has 4 nitrogen and oxygen atoms in total. The highest BCUT2D eigenvalue weighted by Crippen LogP contribution is 2.18. The first-order chi connectivity index (χ1) is 10.1. The maximum atomic E-state index is 10.4. The molecule has 21 heavy (non-hydrogen) atoms. The first-order valence-corrected chi connectivity index (χ1v) is 7.92. The Morgan fingerprint density at radius 1 is 1.48 bits per heavy atom. The van der Waals surface area contributed by atoms with Crippen molar-refractivity contribution in [2.75, 3.05) is 26.2 Å². The molecule has 0 amide bonds. The Morgan fingerprint density at radius 3 is 2.71 bits per heavy atom. The smallest absolute Gasteiger partial charge is 0.103 e. The zero-order chi connectivity index (χ0) is 15.2. The number of thiocarbonyl (C=S) groups is 1. The summed E-state index contributed by atoms with van der Waals surface area (Å²) in [5.41, 5.74) is 7.30. The van der Waals surface area contributed by atoms with E-state index in [1.54, 1.807) is 0 Å². The van der Waals surface area contributed by atoms with Gasteiger partial charge in [0, 0.05) is 25.3 Å². The second-order valence-corrected chi connectivity index (χ2v) is 5.93. The van der Waals surface area contributed by atoms with E-state index in [4.69, 9.17) is 22.7 Å². The molecular formula is C16H24N2O2S. The summed E-state index contributed by atoms with van der Waals surface area (Å²) in [4.78, 5) is 2.62. The number of rotatable bonds is 7. The Labute approximate surface area is 131 Å². The standard InChI is InChI=1S/C16H24N2O2S/c1-2-18(10-14-4-3-9-20-14)11-15(19)12-5-7-13(8-6-12)16(17)21/h5-8,14-15,19H,2-4,9-11H2,1H3,(H2,17,21). The van der Waals surface area contributed by atoms with E-state index in [2.05, 4.69) is 11.8 Å². The van der Waals surface area contributed by atoms with Crippen LogP contribution < -0.4 is 5.73 Å². The van der Waals surface area contributed by atoms with Crippen LogP contribution in [0.25, 0.3) is 0 Å². The molecule has 1 saturated heterocycles. The van der Waals surface area contributed by atoms with Crippen molar-refractivity contribution in [3.05, 3.63) is 35.4 Å². The minimum absolute atomic E-state index is 0.314. The molecule has 0 bridgehead atoms. The van der Waals surface area contributed by atoms with E-state index in [9.17, 15) is 5.11 Å². The molecule has 0 spiro atoms. The number of benzene rings is 1. The van der Waals surface area contributed by atoms with Crippen molar-refractivity contribution < 1.29 is 9.84 Å². The number of aliphatic hydroxyl groups excluding tert-OH is 1. The van der Waals surface area contributed by atoms with Crippen molar-refractivity contribution in [1.29, 1.82) is 0 Å². The molecule has 1 fully saturated rings. The summed E-state index contributed by atoms with van der Waals surface area (Å²) in [5.74, 6) is 0. The Balaban J connectivity index is 1.91. The molecule has 5 heteroatoms. The first kappa shape index (κ1) is 16.4. The number of nitrogens with two attached hydrogens (primary N) is 1. The van der Waals surface area contributed by atoms with E-state index in [-0.39, 0.29) is 0 Å². The summed E-state index contributed by atoms with van der Waals surface area (Å²) >= 11 is 4.93. The van der Waals surface area contributed by atoms with Crippen molar-refractivity contribution in [2.45, 2.75) is 32.0 Å². The second-order valence-electron chi connectivity index (χ2n) is 5.49. The van der Waals surface area contributed by atoms with Crippen LogP contribution in [0.5, 0.6) is 0 Å². The van der Waals surface area contributed by atoms with Crippen LogP contribution in [0.1, 0.15) is 37.0 Å². The maximum Gasteiger partial charge on any atom is 0.103 e. The van der Waals surface area contributed by atoms with Crippen molar-refractivity contribution in [1.82, 2.24) is 4.90 Å². The first-order valence-electron chi connectivity index (χ1n) is 7.52. The minimum Gasteiger partial charge on any atom is -0.389 e. The summed E-state index contributed by atoms with van der Waals surface area (Å²) < 4.78 is 5.66. The quantitative estimate of drug-likeness (QED) is 0.753. The van der Waals surface area contributed by atoms with Crippen molar-refractivity contribution in [3.63, 3.8) is 0 Å². The van der Waals surface area contributed by atoms with Crippen LogP contribution in [0.2, 0.25) is 0 Å². The van der Waals surface area contributed by atoms with Crippen LogP contribution in [0.3, 0.4) is 0 Å². The van der Waals surface area contributed by atoms with Crippen molar-refractivity contribution >= 4 is 17.2 Å². The topological polar surface area (TPSA) is 58.7 Å². The van der Waals surface area contributed by atoms with E-state index in [1.807, 2.05) is 24.3 Å². The fourth-order valence-electron chi connectivity index (χ4n) is 2.63. The van der Waals surface area contributed by atoms with Crippen LogP contribution >= 0.6 is 12.2 Å². The minimum atomic E-state index is -0.508. The zero-order valence-electron chi connectivity index (χ0n) is 12.5. The lowest BCUT2D eigenvalue weighted by atomic mass is 10.1. The van der Waals surface area contributed by atoms with E-state index in [0.29, 0.717) is 17.6 Å². The Morgan fingerprint density at radius 2 is 2.19 bits per heavy atom. The van der Waals surface area contributed by atoms with Gasteiger partial charge >= 0.3 is 0 Å². The Bertz CT molecular complexity index is 458. The summed E-state index contributed by atoms with van der Waals surface area (Å²) in [6.45, 7) is 5.38. The third-order valence-corrected chi connectivity index (χ3v) is 4.18. The van der Waals surface area contributed by atoms with Gasteiger partial charge in [-0.05, 0) is 24.9 Å². The van der Waals surface area contributed by atoms with Crippen LogP contribution in [0.15, 0.2) is 24.3 Å². The number of likely N-dealkylation sites (N-methyl/N-ethyl adjacent to an activating group) is 1. The molecule has 1 aromatic rings. The summed E-state index contributed by atoms with van der Waals surface area (Å²) in [7, 11) is 0.